The molecule has 0 aliphatic carbocycles. The van der Waals surface area contributed by atoms with Crippen molar-refractivity contribution in [2.24, 2.45) is 0 Å². The van der Waals surface area contributed by atoms with E-state index in [-0.39, 0.29) is 5.91 Å². The molecule has 0 bridgehead atoms. The standard InChI is InChI=1S/C21H16ClN3O/c1-13-11-14(2)25(24-13)21(26)17-12-20(16-8-3-5-9-18(16)22)23-19-10-6-4-7-15(17)19/h3-12H,1-2H3. The highest BCUT2D eigenvalue weighted by atomic mass is 35.5. The Morgan fingerprint density at radius 3 is 2.46 bits per heavy atom. The van der Waals surface area contributed by atoms with Crippen LogP contribution in [0.3, 0.4) is 0 Å². The number of nitrogens with zero attached hydrogens (tertiary/aromatic N) is 3. The number of fused-ring (bicyclic) bond motifs is 1. The largest absolute Gasteiger partial charge is 0.279 e. The molecule has 4 aromatic rings. The zero-order valence-electron chi connectivity index (χ0n) is 14.4. The van der Waals surface area contributed by atoms with Crippen molar-refractivity contribution in [1.29, 1.82) is 0 Å². The number of para-hydroxylation sites is 1. The van der Waals surface area contributed by atoms with Gasteiger partial charge < -0.3 is 0 Å². The highest BCUT2D eigenvalue weighted by molar-refractivity contribution is 6.33. The lowest BCUT2D eigenvalue weighted by Crippen LogP contribution is -2.16. The number of hydrogen-bond donors (Lipinski definition) is 0. The number of benzene rings is 2. The van der Waals surface area contributed by atoms with Gasteiger partial charge in [0.15, 0.2) is 0 Å². The van der Waals surface area contributed by atoms with E-state index in [1.54, 1.807) is 6.07 Å². The average Bonchev–Trinajstić information content (AvgIpc) is 2.99. The second-order valence-electron chi connectivity index (χ2n) is 6.20. The second kappa shape index (κ2) is 6.39. The molecule has 2 heterocycles. The Morgan fingerprint density at radius 1 is 1.00 bits per heavy atom. The van der Waals surface area contributed by atoms with Gasteiger partial charge in [-0.05, 0) is 38.1 Å². The number of aryl methyl sites for hydroxylation is 2. The van der Waals surface area contributed by atoms with Crippen molar-refractivity contribution in [3.63, 3.8) is 0 Å². The quantitative estimate of drug-likeness (QED) is 0.501. The normalized spacial score (nSPS) is 11.0. The van der Waals surface area contributed by atoms with Crippen LogP contribution in [0.1, 0.15) is 21.7 Å². The fraction of sp³-hybridized carbons (Fsp3) is 0.0952. The summed E-state index contributed by atoms with van der Waals surface area (Å²) in [6, 6.07) is 18.8. The molecule has 4 rings (SSSR count). The van der Waals surface area contributed by atoms with Crippen LogP contribution >= 0.6 is 11.6 Å². The van der Waals surface area contributed by atoms with E-state index in [2.05, 4.69) is 5.10 Å². The molecule has 0 unspecified atom stereocenters. The minimum absolute atomic E-state index is 0.178. The van der Waals surface area contributed by atoms with E-state index in [9.17, 15) is 4.79 Å². The third kappa shape index (κ3) is 2.78. The molecule has 26 heavy (non-hydrogen) atoms. The molecular weight excluding hydrogens is 346 g/mol. The fourth-order valence-corrected chi connectivity index (χ4v) is 3.34. The van der Waals surface area contributed by atoms with Gasteiger partial charge >= 0.3 is 0 Å². The maximum Gasteiger partial charge on any atom is 0.279 e. The maximum atomic E-state index is 13.2. The summed E-state index contributed by atoms with van der Waals surface area (Å²) in [5.41, 5.74) is 4.36. The van der Waals surface area contributed by atoms with Crippen LogP contribution in [-0.2, 0) is 0 Å². The van der Waals surface area contributed by atoms with Gasteiger partial charge in [0.1, 0.15) is 0 Å². The van der Waals surface area contributed by atoms with Crippen LogP contribution in [-0.4, -0.2) is 20.7 Å². The number of pyridine rings is 1. The molecule has 0 saturated heterocycles. The predicted molar refractivity (Wildman–Crippen MR) is 104 cm³/mol. The lowest BCUT2D eigenvalue weighted by molar-refractivity contribution is 0.0944. The maximum absolute atomic E-state index is 13.2. The molecule has 2 aromatic carbocycles. The summed E-state index contributed by atoms with van der Waals surface area (Å²) >= 11 is 6.34. The highest BCUT2D eigenvalue weighted by Crippen LogP contribution is 2.30. The SMILES string of the molecule is Cc1cc(C)n(C(=O)c2cc(-c3ccccc3Cl)nc3ccccc23)n1. The van der Waals surface area contributed by atoms with E-state index < -0.39 is 0 Å². The van der Waals surface area contributed by atoms with Crippen LogP contribution in [0.25, 0.3) is 22.2 Å². The van der Waals surface area contributed by atoms with Crippen LogP contribution in [0, 0.1) is 13.8 Å². The lowest BCUT2D eigenvalue weighted by atomic mass is 10.0. The van der Waals surface area contributed by atoms with Gasteiger partial charge in [-0.15, -0.1) is 0 Å². The van der Waals surface area contributed by atoms with Crippen LogP contribution in [0.5, 0.6) is 0 Å². The zero-order valence-corrected chi connectivity index (χ0v) is 15.2. The van der Waals surface area contributed by atoms with E-state index in [1.165, 1.54) is 4.68 Å². The molecule has 5 heteroatoms. The van der Waals surface area contributed by atoms with Crippen LogP contribution in [0.2, 0.25) is 5.02 Å². The smallest absolute Gasteiger partial charge is 0.267 e. The van der Waals surface area contributed by atoms with E-state index in [0.29, 0.717) is 16.3 Å². The molecule has 0 spiro atoms. The second-order valence-corrected chi connectivity index (χ2v) is 6.60. The Hall–Kier alpha value is -2.98. The molecule has 0 N–H and O–H groups in total. The van der Waals surface area contributed by atoms with E-state index in [0.717, 1.165) is 27.9 Å². The number of rotatable bonds is 2. The van der Waals surface area contributed by atoms with Crippen molar-refractivity contribution in [3.05, 3.63) is 82.6 Å². The minimum atomic E-state index is -0.178. The number of hydrogen-bond acceptors (Lipinski definition) is 3. The van der Waals surface area contributed by atoms with Crippen molar-refractivity contribution in [1.82, 2.24) is 14.8 Å². The van der Waals surface area contributed by atoms with Gasteiger partial charge in [0.2, 0.25) is 0 Å². The van der Waals surface area contributed by atoms with Crippen molar-refractivity contribution < 1.29 is 4.79 Å². The Morgan fingerprint density at radius 2 is 1.73 bits per heavy atom. The summed E-state index contributed by atoms with van der Waals surface area (Å²) in [7, 11) is 0. The van der Waals surface area contributed by atoms with Gasteiger partial charge in [-0.25, -0.2) is 9.67 Å². The van der Waals surface area contributed by atoms with Gasteiger partial charge in [-0.3, -0.25) is 4.79 Å². The molecule has 0 aliphatic rings. The van der Waals surface area contributed by atoms with Crippen molar-refractivity contribution in [3.8, 4) is 11.3 Å². The summed E-state index contributed by atoms with van der Waals surface area (Å²) in [6.07, 6.45) is 0. The van der Waals surface area contributed by atoms with Gasteiger partial charge in [0.05, 0.1) is 22.5 Å². The van der Waals surface area contributed by atoms with E-state index in [1.807, 2.05) is 68.4 Å². The van der Waals surface area contributed by atoms with Crippen LogP contribution < -0.4 is 0 Å². The fourth-order valence-electron chi connectivity index (χ4n) is 3.11. The van der Waals surface area contributed by atoms with Crippen molar-refractivity contribution >= 4 is 28.4 Å². The Labute approximate surface area is 156 Å². The summed E-state index contributed by atoms with van der Waals surface area (Å²) < 4.78 is 1.44. The molecular formula is C21H16ClN3O. The highest BCUT2D eigenvalue weighted by Gasteiger charge is 2.18. The molecule has 2 aromatic heterocycles. The third-order valence-electron chi connectivity index (χ3n) is 4.30. The summed E-state index contributed by atoms with van der Waals surface area (Å²) in [5.74, 6) is -0.178. The predicted octanol–water partition coefficient (Wildman–Crippen LogP) is 5.06. The first-order valence-corrected chi connectivity index (χ1v) is 8.65. The minimum Gasteiger partial charge on any atom is -0.267 e. The third-order valence-corrected chi connectivity index (χ3v) is 4.63. The molecule has 4 nitrogen and oxygen atoms in total. The van der Waals surface area contributed by atoms with E-state index >= 15 is 0 Å². The van der Waals surface area contributed by atoms with Crippen LogP contribution in [0.4, 0.5) is 0 Å². The summed E-state index contributed by atoms with van der Waals surface area (Å²) in [6.45, 7) is 3.74. The summed E-state index contributed by atoms with van der Waals surface area (Å²) in [5, 5.41) is 5.72. The number of carbonyl (C=O) groups is 1. The topological polar surface area (TPSA) is 47.8 Å². The first kappa shape index (κ1) is 16.5. The summed E-state index contributed by atoms with van der Waals surface area (Å²) in [4.78, 5) is 17.9. The number of aromatic nitrogens is 3. The number of carbonyl (C=O) groups excluding carboxylic acids is 1. The Kier molecular flexibility index (Phi) is 4.05. The first-order chi connectivity index (χ1) is 12.5. The molecule has 0 aliphatic heterocycles. The molecule has 0 fully saturated rings. The first-order valence-electron chi connectivity index (χ1n) is 8.27. The molecule has 128 valence electrons. The molecule has 0 saturated carbocycles. The van der Waals surface area contributed by atoms with Gasteiger partial charge in [-0.2, -0.15) is 5.10 Å². The Balaban J connectivity index is 1.98. The molecule has 0 atom stereocenters. The van der Waals surface area contributed by atoms with Gasteiger partial charge in [0.25, 0.3) is 5.91 Å². The zero-order chi connectivity index (χ0) is 18.3. The van der Waals surface area contributed by atoms with Crippen LogP contribution in [0.15, 0.2) is 60.7 Å². The van der Waals surface area contributed by atoms with Gasteiger partial charge in [0, 0.05) is 21.7 Å². The molecule has 0 radical (unpaired) electrons. The van der Waals surface area contributed by atoms with Crippen molar-refractivity contribution in [2.75, 3.05) is 0 Å². The van der Waals surface area contributed by atoms with E-state index in [4.69, 9.17) is 16.6 Å². The molecule has 0 amide bonds. The monoisotopic (exact) mass is 361 g/mol. The lowest BCUT2D eigenvalue weighted by Gasteiger charge is -2.11. The van der Waals surface area contributed by atoms with Gasteiger partial charge in [-0.1, -0.05) is 48.0 Å². The number of halogens is 1. The van der Waals surface area contributed by atoms with Crippen molar-refractivity contribution in [2.45, 2.75) is 13.8 Å². The average molecular weight is 362 g/mol. The Bertz CT molecular complexity index is 1150.